The van der Waals surface area contributed by atoms with Crippen molar-refractivity contribution >= 4 is 15.9 Å². The molecule has 1 aromatic heterocycles. The molecule has 0 aliphatic heterocycles. The Kier molecular flexibility index (Phi) is 4.52. The highest BCUT2D eigenvalue weighted by Crippen LogP contribution is 2.23. The summed E-state index contributed by atoms with van der Waals surface area (Å²) in [5.74, 6) is 0. The Labute approximate surface area is 115 Å². The lowest BCUT2D eigenvalue weighted by molar-refractivity contribution is 0.141. The molecule has 96 valence electrons. The lowest BCUT2D eigenvalue weighted by atomic mass is 10.1. The summed E-state index contributed by atoms with van der Waals surface area (Å²) < 4.78 is 1.02. The van der Waals surface area contributed by atoms with E-state index in [1.807, 2.05) is 31.3 Å². The fourth-order valence-corrected chi connectivity index (χ4v) is 2.38. The molecular weight excluding hydrogens is 294 g/mol. The molecule has 0 saturated heterocycles. The second-order valence-corrected chi connectivity index (χ2v) is 5.16. The van der Waals surface area contributed by atoms with E-state index in [4.69, 9.17) is 0 Å². The van der Waals surface area contributed by atoms with E-state index in [2.05, 4.69) is 30.8 Å². The summed E-state index contributed by atoms with van der Waals surface area (Å²) >= 11 is 3.45. The molecular formula is C13H16BrN3O. The number of aliphatic hydroxyl groups is 1. The van der Waals surface area contributed by atoms with E-state index < -0.39 is 0 Å². The summed E-state index contributed by atoms with van der Waals surface area (Å²) in [7, 11) is 1.99. The number of hydrogen-bond donors (Lipinski definition) is 2. The lowest BCUT2D eigenvalue weighted by Gasteiger charge is -2.26. The van der Waals surface area contributed by atoms with Crippen molar-refractivity contribution in [2.75, 3.05) is 13.7 Å². The zero-order valence-electron chi connectivity index (χ0n) is 10.2. The van der Waals surface area contributed by atoms with Crippen LogP contribution in [0.4, 0.5) is 0 Å². The first-order valence-corrected chi connectivity index (χ1v) is 6.54. The third-order valence-electron chi connectivity index (χ3n) is 2.91. The van der Waals surface area contributed by atoms with E-state index in [1.165, 1.54) is 0 Å². The van der Waals surface area contributed by atoms with Crippen LogP contribution in [0.25, 0.3) is 0 Å². The molecule has 0 radical (unpaired) electrons. The van der Waals surface area contributed by atoms with E-state index in [1.54, 1.807) is 12.5 Å². The number of halogens is 1. The zero-order valence-corrected chi connectivity index (χ0v) is 11.8. The van der Waals surface area contributed by atoms with Gasteiger partial charge in [-0.3, -0.25) is 4.90 Å². The molecule has 0 aliphatic carbocycles. The van der Waals surface area contributed by atoms with Crippen molar-refractivity contribution < 1.29 is 5.11 Å². The number of likely N-dealkylation sites (N-methyl/N-ethyl adjacent to an activating group) is 1. The maximum absolute atomic E-state index is 9.59. The summed E-state index contributed by atoms with van der Waals surface area (Å²) in [6.07, 6.45) is 3.46. The molecule has 5 heteroatoms. The number of aromatic amines is 1. The molecule has 2 N–H and O–H groups in total. The van der Waals surface area contributed by atoms with Crippen molar-refractivity contribution in [2.24, 2.45) is 0 Å². The highest BCUT2D eigenvalue weighted by Gasteiger charge is 2.16. The molecule has 0 amide bonds. The van der Waals surface area contributed by atoms with Crippen LogP contribution in [0.3, 0.4) is 0 Å². The van der Waals surface area contributed by atoms with E-state index >= 15 is 0 Å². The molecule has 0 spiro atoms. The summed E-state index contributed by atoms with van der Waals surface area (Å²) in [5.41, 5.74) is 2.12. The first-order chi connectivity index (χ1) is 8.70. The fourth-order valence-electron chi connectivity index (χ4n) is 1.96. The molecule has 18 heavy (non-hydrogen) atoms. The van der Waals surface area contributed by atoms with Crippen LogP contribution in [0.1, 0.15) is 17.3 Å². The topological polar surface area (TPSA) is 52.2 Å². The largest absolute Gasteiger partial charge is 0.394 e. The van der Waals surface area contributed by atoms with Gasteiger partial charge in [0.25, 0.3) is 0 Å². The van der Waals surface area contributed by atoms with Crippen LogP contribution in [0.15, 0.2) is 41.3 Å². The first kappa shape index (κ1) is 13.3. The maximum atomic E-state index is 9.59. The number of imidazole rings is 1. The van der Waals surface area contributed by atoms with Gasteiger partial charge in [0.15, 0.2) is 0 Å². The van der Waals surface area contributed by atoms with E-state index in [0.29, 0.717) is 0 Å². The molecule has 4 nitrogen and oxygen atoms in total. The molecule has 2 aromatic rings. The minimum Gasteiger partial charge on any atom is -0.394 e. The molecule has 0 unspecified atom stereocenters. The second kappa shape index (κ2) is 6.13. The van der Waals surface area contributed by atoms with Crippen LogP contribution in [-0.4, -0.2) is 33.6 Å². The molecule has 1 heterocycles. The van der Waals surface area contributed by atoms with Crippen LogP contribution in [0.5, 0.6) is 0 Å². The molecule has 1 aromatic carbocycles. The van der Waals surface area contributed by atoms with E-state index in [9.17, 15) is 5.11 Å². The Morgan fingerprint density at radius 2 is 2.33 bits per heavy atom. The summed E-state index contributed by atoms with van der Waals surface area (Å²) in [6, 6.07) is 7.99. The van der Waals surface area contributed by atoms with Gasteiger partial charge in [-0.05, 0) is 24.7 Å². The van der Waals surface area contributed by atoms with Gasteiger partial charge in [-0.25, -0.2) is 4.98 Å². The number of hydrogen-bond acceptors (Lipinski definition) is 3. The van der Waals surface area contributed by atoms with Crippen LogP contribution in [0, 0.1) is 0 Å². The summed E-state index contributed by atoms with van der Waals surface area (Å²) in [4.78, 5) is 9.15. The predicted molar refractivity (Wildman–Crippen MR) is 74.0 cm³/mol. The van der Waals surface area contributed by atoms with Gasteiger partial charge in [-0.2, -0.15) is 0 Å². The Balaban J connectivity index is 2.12. The van der Waals surface area contributed by atoms with E-state index in [-0.39, 0.29) is 12.6 Å². The lowest BCUT2D eigenvalue weighted by Crippen LogP contribution is -2.27. The minimum absolute atomic E-state index is 0.0224. The Bertz CT molecular complexity index is 487. The Hall–Kier alpha value is -1.17. The number of H-pyrrole nitrogens is 1. The quantitative estimate of drug-likeness (QED) is 0.891. The van der Waals surface area contributed by atoms with Crippen LogP contribution in [0.2, 0.25) is 0 Å². The van der Waals surface area contributed by atoms with Crippen LogP contribution < -0.4 is 0 Å². The first-order valence-electron chi connectivity index (χ1n) is 5.74. The van der Waals surface area contributed by atoms with Gasteiger partial charge in [0.2, 0.25) is 0 Å². The van der Waals surface area contributed by atoms with Crippen LogP contribution >= 0.6 is 15.9 Å². The van der Waals surface area contributed by atoms with Gasteiger partial charge in [-0.1, -0.05) is 28.1 Å². The molecule has 0 fully saturated rings. The average molecular weight is 310 g/mol. The predicted octanol–water partition coefficient (Wildman–Crippen LogP) is 2.34. The van der Waals surface area contributed by atoms with Gasteiger partial charge in [0.1, 0.15) is 0 Å². The number of rotatable bonds is 5. The molecule has 1 atom stereocenters. The fraction of sp³-hybridized carbons (Fsp3) is 0.308. The molecule has 0 aliphatic rings. The van der Waals surface area contributed by atoms with Crippen molar-refractivity contribution in [3.63, 3.8) is 0 Å². The molecule has 0 bridgehead atoms. The molecule has 0 saturated carbocycles. The van der Waals surface area contributed by atoms with Crippen molar-refractivity contribution in [1.29, 1.82) is 0 Å². The van der Waals surface area contributed by atoms with Gasteiger partial charge in [-0.15, -0.1) is 0 Å². The van der Waals surface area contributed by atoms with Gasteiger partial charge < -0.3 is 10.1 Å². The number of nitrogens with zero attached hydrogens (tertiary/aromatic N) is 2. The summed E-state index contributed by atoms with van der Waals surface area (Å²) in [6.45, 7) is 0.804. The Morgan fingerprint density at radius 3 is 2.94 bits per heavy atom. The average Bonchev–Trinajstić information content (AvgIpc) is 2.83. The number of aliphatic hydroxyl groups excluding tert-OH is 1. The minimum atomic E-state index is -0.0224. The third-order valence-corrected chi connectivity index (χ3v) is 3.41. The monoisotopic (exact) mass is 309 g/mol. The van der Waals surface area contributed by atoms with Crippen LogP contribution in [-0.2, 0) is 6.54 Å². The second-order valence-electron chi connectivity index (χ2n) is 4.25. The third kappa shape index (κ3) is 3.19. The standard InChI is InChI=1S/C13H16BrN3O/c1-17(7-12-6-15-9-16-12)13(8-18)10-3-2-4-11(14)5-10/h2-6,9,13,18H,7-8H2,1H3,(H,15,16)/t13-/m1/s1. The van der Waals surface area contributed by atoms with Crippen molar-refractivity contribution in [3.05, 3.63) is 52.5 Å². The highest BCUT2D eigenvalue weighted by atomic mass is 79.9. The number of aromatic nitrogens is 2. The highest BCUT2D eigenvalue weighted by molar-refractivity contribution is 9.10. The van der Waals surface area contributed by atoms with Crippen molar-refractivity contribution in [2.45, 2.75) is 12.6 Å². The van der Waals surface area contributed by atoms with Gasteiger partial charge in [0.05, 0.1) is 19.0 Å². The number of benzene rings is 1. The summed E-state index contributed by atoms with van der Waals surface area (Å²) in [5, 5.41) is 9.59. The number of nitrogens with one attached hydrogen (secondary N) is 1. The smallest absolute Gasteiger partial charge is 0.0922 e. The normalized spacial score (nSPS) is 12.9. The zero-order chi connectivity index (χ0) is 13.0. The molecule has 2 rings (SSSR count). The van der Waals surface area contributed by atoms with Gasteiger partial charge in [0, 0.05) is 22.9 Å². The van der Waals surface area contributed by atoms with E-state index in [0.717, 1.165) is 22.3 Å². The Morgan fingerprint density at radius 1 is 1.50 bits per heavy atom. The van der Waals surface area contributed by atoms with Crippen molar-refractivity contribution in [3.8, 4) is 0 Å². The van der Waals surface area contributed by atoms with Crippen molar-refractivity contribution in [1.82, 2.24) is 14.9 Å². The SMILES string of the molecule is CN(Cc1cnc[nH]1)[C@H](CO)c1cccc(Br)c1. The van der Waals surface area contributed by atoms with Gasteiger partial charge >= 0.3 is 0 Å². The maximum Gasteiger partial charge on any atom is 0.0922 e.